The summed E-state index contributed by atoms with van der Waals surface area (Å²) in [4.78, 5) is 0. The molecule has 2 aromatic carbocycles. The van der Waals surface area contributed by atoms with Crippen LogP contribution in [0.5, 0.6) is 0 Å². The number of benzene rings is 2. The van der Waals surface area contributed by atoms with Gasteiger partial charge in [-0.3, -0.25) is 0 Å². The summed E-state index contributed by atoms with van der Waals surface area (Å²) in [5.41, 5.74) is 2.37. The first kappa shape index (κ1) is 14.2. The second-order valence-corrected chi connectivity index (χ2v) is 4.92. The summed E-state index contributed by atoms with van der Waals surface area (Å²) in [6.45, 7) is 0.507. The van der Waals surface area contributed by atoms with Crippen LogP contribution in [0.4, 0.5) is 5.69 Å². The lowest BCUT2D eigenvalue weighted by atomic mass is 10.1. The molecule has 98 valence electrons. The Bertz CT molecular complexity index is 727. The monoisotopic (exact) mass is 301 g/mol. The lowest BCUT2D eigenvalue weighted by Crippen LogP contribution is -2.00. The largest absolute Gasteiger partial charge is 0.381 e. The molecule has 0 saturated heterocycles. The standard InChI is InChI=1S/C15H9Cl2N3/c16-13-3-1-11(15(17)6-13)9-20-14-4-2-10(7-18)12(5-14)8-19/h1-6,20H,9H2. The summed E-state index contributed by atoms with van der Waals surface area (Å²) < 4.78 is 0. The number of nitriles is 2. The summed E-state index contributed by atoms with van der Waals surface area (Å²) in [5.74, 6) is 0. The Balaban J connectivity index is 2.16. The van der Waals surface area contributed by atoms with E-state index >= 15 is 0 Å². The quantitative estimate of drug-likeness (QED) is 0.917. The molecular formula is C15H9Cl2N3. The van der Waals surface area contributed by atoms with Crippen molar-refractivity contribution in [1.29, 1.82) is 10.5 Å². The summed E-state index contributed by atoms with van der Waals surface area (Å²) >= 11 is 11.9. The highest BCUT2D eigenvalue weighted by molar-refractivity contribution is 6.35. The van der Waals surface area contributed by atoms with Crippen LogP contribution in [0.3, 0.4) is 0 Å². The van der Waals surface area contributed by atoms with E-state index in [9.17, 15) is 0 Å². The van der Waals surface area contributed by atoms with Crippen molar-refractivity contribution in [2.24, 2.45) is 0 Å². The van der Waals surface area contributed by atoms with Crippen LogP contribution in [0.25, 0.3) is 0 Å². The lowest BCUT2D eigenvalue weighted by molar-refractivity contribution is 1.15. The van der Waals surface area contributed by atoms with Crippen LogP contribution >= 0.6 is 23.2 Å². The summed E-state index contributed by atoms with van der Waals surface area (Å²) in [7, 11) is 0. The first-order chi connectivity index (χ1) is 9.63. The van der Waals surface area contributed by atoms with Gasteiger partial charge in [0.1, 0.15) is 12.1 Å². The molecule has 0 fully saturated rings. The van der Waals surface area contributed by atoms with Crippen LogP contribution in [-0.4, -0.2) is 0 Å². The normalized spacial score (nSPS) is 9.60. The predicted molar refractivity (Wildman–Crippen MR) is 79.7 cm³/mol. The fraction of sp³-hybridized carbons (Fsp3) is 0.0667. The van der Waals surface area contributed by atoms with Gasteiger partial charge in [0.25, 0.3) is 0 Å². The minimum atomic E-state index is 0.347. The van der Waals surface area contributed by atoms with Gasteiger partial charge in [-0.2, -0.15) is 10.5 Å². The Morgan fingerprint density at radius 3 is 2.35 bits per heavy atom. The van der Waals surface area contributed by atoms with Crippen LogP contribution in [0, 0.1) is 22.7 Å². The molecule has 2 rings (SSSR count). The Morgan fingerprint density at radius 1 is 0.950 bits per heavy atom. The summed E-state index contributed by atoms with van der Waals surface area (Å²) in [6.07, 6.45) is 0. The van der Waals surface area contributed by atoms with E-state index in [4.69, 9.17) is 33.7 Å². The van der Waals surface area contributed by atoms with Crippen molar-refractivity contribution in [3.63, 3.8) is 0 Å². The van der Waals surface area contributed by atoms with Crippen molar-refractivity contribution in [1.82, 2.24) is 0 Å². The molecule has 0 radical (unpaired) electrons. The molecule has 0 aliphatic carbocycles. The fourth-order valence-electron chi connectivity index (χ4n) is 1.71. The van der Waals surface area contributed by atoms with Gasteiger partial charge >= 0.3 is 0 Å². The van der Waals surface area contributed by atoms with E-state index in [0.29, 0.717) is 27.7 Å². The molecule has 0 aliphatic rings. The van der Waals surface area contributed by atoms with Gasteiger partial charge in [-0.05, 0) is 35.9 Å². The minimum Gasteiger partial charge on any atom is -0.381 e. The second-order valence-electron chi connectivity index (χ2n) is 4.07. The maximum absolute atomic E-state index is 8.97. The van der Waals surface area contributed by atoms with E-state index in [0.717, 1.165) is 11.3 Å². The average Bonchev–Trinajstić information content (AvgIpc) is 2.46. The van der Waals surface area contributed by atoms with E-state index in [2.05, 4.69) is 5.32 Å². The van der Waals surface area contributed by atoms with E-state index in [1.54, 1.807) is 30.3 Å². The van der Waals surface area contributed by atoms with Crippen LogP contribution < -0.4 is 5.32 Å². The fourth-order valence-corrected chi connectivity index (χ4v) is 2.18. The maximum atomic E-state index is 8.97. The van der Waals surface area contributed by atoms with E-state index in [1.807, 2.05) is 18.2 Å². The molecule has 0 spiro atoms. The Morgan fingerprint density at radius 2 is 1.70 bits per heavy atom. The molecule has 0 unspecified atom stereocenters. The van der Waals surface area contributed by atoms with Crippen LogP contribution in [0.15, 0.2) is 36.4 Å². The molecule has 5 heteroatoms. The molecule has 20 heavy (non-hydrogen) atoms. The lowest BCUT2D eigenvalue weighted by Gasteiger charge is -2.09. The molecule has 1 N–H and O–H groups in total. The van der Waals surface area contributed by atoms with Crippen LogP contribution in [0.1, 0.15) is 16.7 Å². The van der Waals surface area contributed by atoms with Gasteiger partial charge in [0, 0.05) is 22.3 Å². The molecule has 0 saturated carbocycles. The highest BCUT2D eigenvalue weighted by Gasteiger charge is 2.04. The second kappa shape index (κ2) is 6.30. The zero-order valence-corrected chi connectivity index (χ0v) is 11.8. The molecule has 0 aliphatic heterocycles. The number of nitrogens with zero attached hydrogens (tertiary/aromatic N) is 2. The number of rotatable bonds is 3. The molecule has 0 amide bonds. The third-order valence-corrected chi connectivity index (χ3v) is 3.35. The van der Waals surface area contributed by atoms with Gasteiger partial charge in [0.05, 0.1) is 11.1 Å². The molecule has 0 bridgehead atoms. The molecular weight excluding hydrogens is 293 g/mol. The van der Waals surface area contributed by atoms with Gasteiger partial charge in [-0.15, -0.1) is 0 Å². The molecule has 0 heterocycles. The van der Waals surface area contributed by atoms with Crippen LogP contribution in [0.2, 0.25) is 10.0 Å². The third kappa shape index (κ3) is 3.22. The van der Waals surface area contributed by atoms with E-state index in [1.165, 1.54) is 0 Å². The zero-order chi connectivity index (χ0) is 14.5. The predicted octanol–water partition coefficient (Wildman–Crippen LogP) is 4.35. The Kier molecular flexibility index (Phi) is 4.48. The number of halogens is 2. The summed E-state index contributed by atoms with van der Waals surface area (Å²) in [6, 6.07) is 14.3. The van der Waals surface area contributed by atoms with Gasteiger partial charge in [0.2, 0.25) is 0 Å². The van der Waals surface area contributed by atoms with Gasteiger partial charge in [-0.25, -0.2) is 0 Å². The molecule has 0 aromatic heterocycles. The maximum Gasteiger partial charge on any atom is 0.101 e. The molecule has 0 atom stereocenters. The smallest absolute Gasteiger partial charge is 0.101 e. The number of hydrogen-bond donors (Lipinski definition) is 1. The average molecular weight is 302 g/mol. The van der Waals surface area contributed by atoms with Gasteiger partial charge in [0.15, 0.2) is 0 Å². The van der Waals surface area contributed by atoms with Crippen molar-refractivity contribution < 1.29 is 0 Å². The van der Waals surface area contributed by atoms with E-state index < -0.39 is 0 Å². The SMILES string of the molecule is N#Cc1ccc(NCc2ccc(Cl)cc2Cl)cc1C#N. The highest BCUT2D eigenvalue weighted by atomic mass is 35.5. The number of hydrogen-bond acceptors (Lipinski definition) is 3. The van der Waals surface area contributed by atoms with Crippen molar-refractivity contribution in [2.75, 3.05) is 5.32 Å². The highest BCUT2D eigenvalue weighted by Crippen LogP contribution is 2.22. The first-order valence-electron chi connectivity index (χ1n) is 5.76. The number of nitrogens with one attached hydrogen (secondary N) is 1. The Hall–Kier alpha value is -2.20. The van der Waals surface area contributed by atoms with Gasteiger partial charge in [-0.1, -0.05) is 29.3 Å². The third-order valence-electron chi connectivity index (χ3n) is 2.76. The zero-order valence-electron chi connectivity index (χ0n) is 10.3. The topological polar surface area (TPSA) is 59.6 Å². The minimum absolute atomic E-state index is 0.347. The van der Waals surface area contributed by atoms with E-state index in [-0.39, 0.29) is 0 Å². The van der Waals surface area contributed by atoms with Crippen molar-refractivity contribution >= 4 is 28.9 Å². The molecule has 3 nitrogen and oxygen atoms in total. The molecule has 2 aromatic rings. The number of anilines is 1. The van der Waals surface area contributed by atoms with Crippen molar-refractivity contribution in [2.45, 2.75) is 6.54 Å². The Labute approximate surface area is 127 Å². The first-order valence-corrected chi connectivity index (χ1v) is 6.51. The van der Waals surface area contributed by atoms with Gasteiger partial charge < -0.3 is 5.32 Å². The van der Waals surface area contributed by atoms with Crippen molar-refractivity contribution in [3.05, 3.63) is 63.1 Å². The summed E-state index contributed by atoms with van der Waals surface area (Å²) in [5, 5.41) is 22.2. The van der Waals surface area contributed by atoms with Crippen LogP contribution in [-0.2, 0) is 6.54 Å². The van der Waals surface area contributed by atoms with Crippen molar-refractivity contribution in [3.8, 4) is 12.1 Å².